The van der Waals surface area contributed by atoms with Crippen LogP contribution < -0.4 is 10.3 Å². The molecule has 0 unspecified atom stereocenters. The zero-order valence-electron chi connectivity index (χ0n) is 19.5. The molecular weight excluding hydrogens is 433 g/mol. The molecule has 0 N–H and O–H groups in total. The maximum absolute atomic E-state index is 15.2. The Hall–Kier alpha value is -3.87. The van der Waals surface area contributed by atoms with E-state index in [9.17, 15) is 9.59 Å². The van der Waals surface area contributed by atoms with Gasteiger partial charge in [-0.1, -0.05) is 32.9 Å². The predicted molar refractivity (Wildman–Crippen MR) is 128 cm³/mol. The van der Waals surface area contributed by atoms with Crippen LogP contribution in [0.4, 0.5) is 4.39 Å². The summed E-state index contributed by atoms with van der Waals surface area (Å²) in [6, 6.07) is 12.3. The van der Waals surface area contributed by atoms with Gasteiger partial charge in [-0.15, -0.1) is 0 Å². The molecule has 4 aromatic rings. The van der Waals surface area contributed by atoms with E-state index < -0.39 is 11.4 Å². The van der Waals surface area contributed by atoms with Gasteiger partial charge >= 0.3 is 0 Å². The van der Waals surface area contributed by atoms with Crippen LogP contribution >= 0.6 is 0 Å². The highest BCUT2D eigenvalue weighted by atomic mass is 19.1. The van der Waals surface area contributed by atoms with E-state index in [1.54, 1.807) is 18.2 Å². The van der Waals surface area contributed by atoms with Gasteiger partial charge in [0.15, 0.2) is 0 Å². The van der Waals surface area contributed by atoms with Gasteiger partial charge in [0.2, 0.25) is 5.88 Å². The first-order valence-corrected chi connectivity index (χ1v) is 11.1. The molecule has 2 aromatic carbocycles. The van der Waals surface area contributed by atoms with Crippen LogP contribution in [0.1, 0.15) is 37.6 Å². The first-order valence-electron chi connectivity index (χ1n) is 11.1. The number of rotatable bonds is 2. The number of methoxy groups -OCH3 is 1. The minimum atomic E-state index is -0.580. The van der Waals surface area contributed by atoms with E-state index in [-0.39, 0.29) is 29.4 Å². The number of fused-ring (bicyclic) bond motifs is 4. The van der Waals surface area contributed by atoms with Gasteiger partial charge in [0, 0.05) is 29.9 Å². The number of aromatic nitrogens is 3. The van der Waals surface area contributed by atoms with Crippen LogP contribution in [0, 0.1) is 5.82 Å². The maximum atomic E-state index is 15.2. The number of hydrogen-bond acceptors (Lipinski definition) is 5. The summed E-state index contributed by atoms with van der Waals surface area (Å²) >= 11 is 0. The minimum Gasteiger partial charge on any atom is -0.481 e. The average molecular weight is 458 g/mol. The van der Waals surface area contributed by atoms with E-state index in [2.05, 4.69) is 10.1 Å². The molecule has 6 nitrogen and oxygen atoms in total. The Morgan fingerprint density at radius 3 is 2.56 bits per heavy atom. The van der Waals surface area contributed by atoms with Crippen molar-refractivity contribution in [3.63, 3.8) is 0 Å². The third-order valence-corrected chi connectivity index (χ3v) is 6.27. The summed E-state index contributed by atoms with van der Waals surface area (Å²) < 4.78 is 21.6. The quantitative estimate of drug-likeness (QED) is 0.441. The largest absolute Gasteiger partial charge is 0.481 e. The molecule has 172 valence electrons. The van der Waals surface area contributed by atoms with Gasteiger partial charge in [0.05, 0.1) is 30.1 Å². The predicted octanol–water partition coefficient (Wildman–Crippen LogP) is 4.56. The number of halogens is 1. The Morgan fingerprint density at radius 1 is 1.03 bits per heavy atom. The molecule has 1 aliphatic rings. The van der Waals surface area contributed by atoms with Crippen molar-refractivity contribution in [3.8, 4) is 22.7 Å². The first-order chi connectivity index (χ1) is 16.2. The van der Waals surface area contributed by atoms with E-state index in [1.165, 1.54) is 24.1 Å². The van der Waals surface area contributed by atoms with Gasteiger partial charge in [0.1, 0.15) is 11.6 Å². The van der Waals surface area contributed by atoms with E-state index in [1.807, 2.05) is 39.0 Å². The highest BCUT2D eigenvalue weighted by Gasteiger charge is 2.25. The summed E-state index contributed by atoms with van der Waals surface area (Å²) in [5, 5.41) is 4.81. The van der Waals surface area contributed by atoms with E-state index in [4.69, 9.17) is 4.74 Å². The standard InChI is InChI=1S/C27H24FN3O3/c1-27(2,3)16-10-15-14-29-31(26(33)25(15)21(28)11-16)23-7-5-6-18-19-8-9-24(34-4)30-22(19)13-17(32)12-20(18)23/h5-11,14H,12-13H2,1-4H3. The van der Waals surface area contributed by atoms with Crippen LogP contribution in [0.2, 0.25) is 0 Å². The SMILES string of the molecule is COc1ccc2c(n1)CC(=O)Cc1c-2cccc1-n1ncc2cc(C(C)(C)C)cc(F)c2c1=O. The first kappa shape index (κ1) is 21.9. The molecule has 7 heteroatoms. The number of ketones is 1. The Kier molecular flexibility index (Phi) is 5.08. The lowest BCUT2D eigenvalue weighted by atomic mass is 9.86. The van der Waals surface area contributed by atoms with Crippen molar-refractivity contribution >= 4 is 16.6 Å². The number of ether oxygens (including phenoxy) is 1. The summed E-state index contributed by atoms with van der Waals surface area (Å²) in [6.45, 7) is 5.96. The fourth-order valence-corrected chi connectivity index (χ4v) is 4.47. The van der Waals surface area contributed by atoms with Crippen molar-refractivity contribution in [1.29, 1.82) is 0 Å². The lowest BCUT2D eigenvalue weighted by Crippen LogP contribution is -2.24. The molecule has 0 bridgehead atoms. The Morgan fingerprint density at radius 2 is 1.82 bits per heavy atom. The smallest absolute Gasteiger partial charge is 0.282 e. The summed E-state index contributed by atoms with van der Waals surface area (Å²) in [6.07, 6.45) is 1.78. The zero-order chi connectivity index (χ0) is 24.2. The van der Waals surface area contributed by atoms with Gasteiger partial charge in [0.25, 0.3) is 5.56 Å². The average Bonchev–Trinajstić information content (AvgIpc) is 2.93. The Labute approximate surface area is 196 Å². The summed E-state index contributed by atoms with van der Waals surface area (Å²) in [5.41, 5.74) is 3.30. The lowest BCUT2D eigenvalue weighted by Gasteiger charge is -2.20. The number of hydrogen-bond donors (Lipinski definition) is 0. The van der Waals surface area contributed by atoms with Crippen molar-refractivity contribution in [2.75, 3.05) is 7.11 Å². The van der Waals surface area contributed by atoms with Crippen molar-refractivity contribution < 1.29 is 13.9 Å². The molecule has 1 aliphatic carbocycles. The maximum Gasteiger partial charge on any atom is 0.282 e. The van der Waals surface area contributed by atoms with Crippen LogP contribution in [-0.2, 0) is 23.1 Å². The highest BCUT2D eigenvalue weighted by Crippen LogP contribution is 2.35. The molecule has 2 heterocycles. The van der Waals surface area contributed by atoms with Crippen molar-refractivity contribution in [2.45, 2.75) is 39.0 Å². The molecule has 0 aliphatic heterocycles. The van der Waals surface area contributed by atoms with E-state index in [0.29, 0.717) is 28.2 Å². The zero-order valence-corrected chi connectivity index (χ0v) is 19.5. The fraction of sp³-hybridized carbons (Fsp3) is 0.259. The third-order valence-electron chi connectivity index (χ3n) is 6.27. The van der Waals surface area contributed by atoms with Gasteiger partial charge in [-0.05, 0) is 46.4 Å². The molecule has 0 spiro atoms. The van der Waals surface area contributed by atoms with Crippen LogP contribution in [0.3, 0.4) is 0 Å². The van der Waals surface area contributed by atoms with Gasteiger partial charge in [-0.2, -0.15) is 9.78 Å². The van der Waals surface area contributed by atoms with Crippen LogP contribution in [-0.4, -0.2) is 27.7 Å². The molecule has 34 heavy (non-hydrogen) atoms. The second-order valence-corrected chi connectivity index (χ2v) is 9.58. The van der Waals surface area contributed by atoms with E-state index >= 15 is 4.39 Å². The second kappa shape index (κ2) is 7.87. The number of Topliss-reactive ketones (excluding diaryl/α,β-unsaturated/α-hetero) is 1. The summed E-state index contributed by atoms with van der Waals surface area (Å²) in [4.78, 5) is 30.7. The molecule has 2 aromatic heterocycles. The molecule has 0 atom stereocenters. The second-order valence-electron chi connectivity index (χ2n) is 9.58. The molecule has 0 fully saturated rings. The van der Waals surface area contributed by atoms with Crippen molar-refractivity contribution in [1.82, 2.24) is 14.8 Å². The summed E-state index contributed by atoms with van der Waals surface area (Å²) in [5.74, 6) is -0.185. The molecule has 0 saturated carbocycles. The van der Waals surface area contributed by atoms with Crippen molar-refractivity contribution in [2.24, 2.45) is 0 Å². The lowest BCUT2D eigenvalue weighted by molar-refractivity contribution is -0.117. The molecule has 5 rings (SSSR count). The van der Waals surface area contributed by atoms with Crippen LogP contribution in [0.5, 0.6) is 5.88 Å². The molecular formula is C27H24FN3O3. The topological polar surface area (TPSA) is 74.1 Å². The normalized spacial score (nSPS) is 13.4. The van der Waals surface area contributed by atoms with Gasteiger partial charge < -0.3 is 4.74 Å². The molecule has 0 saturated heterocycles. The van der Waals surface area contributed by atoms with Crippen LogP contribution in [0.15, 0.2) is 53.5 Å². The monoisotopic (exact) mass is 457 g/mol. The van der Waals surface area contributed by atoms with Gasteiger partial charge in [-0.25, -0.2) is 9.37 Å². The van der Waals surface area contributed by atoms with Gasteiger partial charge in [-0.3, -0.25) is 9.59 Å². The minimum absolute atomic E-state index is 0.0210. The summed E-state index contributed by atoms with van der Waals surface area (Å²) in [7, 11) is 1.53. The van der Waals surface area contributed by atoms with Crippen molar-refractivity contribution in [3.05, 3.63) is 81.7 Å². The van der Waals surface area contributed by atoms with Crippen LogP contribution in [0.25, 0.3) is 27.6 Å². The Bertz CT molecular complexity index is 1530. The number of nitrogens with zero attached hydrogens (tertiary/aromatic N) is 3. The fourth-order valence-electron chi connectivity index (χ4n) is 4.47. The number of carbonyl (C=O) groups is 1. The number of pyridine rings is 1. The third kappa shape index (κ3) is 3.57. The highest BCUT2D eigenvalue weighted by molar-refractivity contribution is 5.91. The van der Waals surface area contributed by atoms with E-state index in [0.717, 1.165) is 16.7 Å². The number of benzene rings is 2. The molecule has 0 amide bonds. The Balaban J connectivity index is 1.74. The molecule has 0 radical (unpaired) electrons. The number of carbonyl (C=O) groups excluding carboxylic acids is 1.